The number of hydrogen-bond donors (Lipinski definition) is 0. The maximum Gasteiger partial charge on any atom is 0.256 e. The highest BCUT2D eigenvalue weighted by Crippen LogP contribution is 2.18. The van der Waals surface area contributed by atoms with Crippen molar-refractivity contribution in [2.24, 2.45) is 0 Å². The van der Waals surface area contributed by atoms with Gasteiger partial charge in [0.15, 0.2) is 0 Å². The summed E-state index contributed by atoms with van der Waals surface area (Å²) in [4.78, 5) is 14.2. The van der Waals surface area contributed by atoms with E-state index in [0.29, 0.717) is 18.8 Å². The van der Waals surface area contributed by atoms with Crippen LogP contribution in [0.1, 0.15) is 49.9 Å². The molecule has 0 saturated heterocycles. The van der Waals surface area contributed by atoms with Gasteiger partial charge in [0.2, 0.25) is 0 Å². The van der Waals surface area contributed by atoms with Crippen LogP contribution in [0.2, 0.25) is 0 Å². The van der Waals surface area contributed by atoms with Crippen LogP contribution in [0.5, 0.6) is 5.75 Å². The molecule has 112 valence electrons. The largest absolute Gasteiger partial charge is 0.497 e. The van der Waals surface area contributed by atoms with E-state index < -0.39 is 5.82 Å². The molecule has 1 aromatic rings. The van der Waals surface area contributed by atoms with E-state index in [2.05, 4.69) is 13.8 Å². The monoisotopic (exact) mass is 281 g/mol. The van der Waals surface area contributed by atoms with E-state index in [0.717, 1.165) is 25.7 Å². The molecular weight excluding hydrogens is 257 g/mol. The van der Waals surface area contributed by atoms with Gasteiger partial charge < -0.3 is 9.64 Å². The van der Waals surface area contributed by atoms with Crippen LogP contribution in [0, 0.1) is 5.82 Å². The number of unbranched alkanes of at least 4 members (excludes halogenated alkanes) is 2. The normalized spacial score (nSPS) is 10.4. The summed E-state index contributed by atoms with van der Waals surface area (Å²) in [7, 11) is 1.48. The first kappa shape index (κ1) is 16.5. The van der Waals surface area contributed by atoms with Gasteiger partial charge in [-0.15, -0.1) is 0 Å². The molecule has 3 nitrogen and oxygen atoms in total. The van der Waals surface area contributed by atoms with Crippen molar-refractivity contribution in [3.63, 3.8) is 0 Å². The zero-order valence-corrected chi connectivity index (χ0v) is 12.6. The number of carbonyl (C=O) groups is 1. The minimum Gasteiger partial charge on any atom is -0.497 e. The second kappa shape index (κ2) is 8.56. The second-order valence-corrected chi connectivity index (χ2v) is 4.85. The number of amides is 1. The van der Waals surface area contributed by atoms with Gasteiger partial charge in [0.05, 0.1) is 12.7 Å². The Hall–Kier alpha value is -1.58. The van der Waals surface area contributed by atoms with Gasteiger partial charge in [-0.25, -0.2) is 4.39 Å². The number of ether oxygens (including phenoxy) is 1. The lowest BCUT2D eigenvalue weighted by atomic mass is 10.1. The van der Waals surface area contributed by atoms with Crippen molar-refractivity contribution in [3.8, 4) is 5.75 Å². The fraction of sp³-hybridized carbons (Fsp3) is 0.562. The summed E-state index contributed by atoms with van der Waals surface area (Å²) in [5.74, 6) is -0.327. The first-order valence-electron chi connectivity index (χ1n) is 7.26. The van der Waals surface area contributed by atoms with Crippen molar-refractivity contribution >= 4 is 5.91 Å². The molecule has 0 saturated carbocycles. The summed E-state index contributed by atoms with van der Waals surface area (Å²) in [5, 5.41) is 0. The zero-order valence-electron chi connectivity index (χ0n) is 12.6. The standard InChI is InChI=1S/C16H24FNO2/c1-4-6-10-18(11-7-5-2)16(19)14-9-8-13(20-3)12-15(14)17/h8-9,12H,4-7,10-11H2,1-3H3. The number of nitrogens with zero attached hydrogens (tertiary/aromatic N) is 1. The Labute approximate surface area is 120 Å². The summed E-state index contributed by atoms with van der Waals surface area (Å²) in [6, 6.07) is 4.38. The van der Waals surface area contributed by atoms with Crippen LogP contribution in [0.4, 0.5) is 4.39 Å². The average molecular weight is 281 g/mol. The van der Waals surface area contributed by atoms with E-state index in [4.69, 9.17) is 4.74 Å². The number of rotatable bonds is 8. The van der Waals surface area contributed by atoms with Crippen LogP contribution in [-0.4, -0.2) is 31.0 Å². The molecular formula is C16H24FNO2. The fourth-order valence-electron chi connectivity index (χ4n) is 1.98. The molecule has 0 atom stereocenters. The van der Waals surface area contributed by atoms with Crippen molar-refractivity contribution in [3.05, 3.63) is 29.6 Å². The lowest BCUT2D eigenvalue weighted by molar-refractivity contribution is 0.0746. The maximum absolute atomic E-state index is 14.0. The van der Waals surface area contributed by atoms with Crippen LogP contribution >= 0.6 is 0 Å². The molecule has 0 aliphatic rings. The van der Waals surface area contributed by atoms with Gasteiger partial charge in [-0.1, -0.05) is 26.7 Å². The maximum atomic E-state index is 14.0. The van der Waals surface area contributed by atoms with Crippen molar-refractivity contribution in [2.75, 3.05) is 20.2 Å². The molecule has 0 heterocycles. The molecule has 0 spiro atoms. The quantitative estimate of drug-likeness (QED) is 0.723. The van der Waals surface area contributed by atoms with Gasteiger partial charge in [0.25, 0.3) is 5.91 Å². The SMILES string of the molecule is CCCCN(CCCC)C(=O)c1ccc(OC)cc1F. The summed E-state index contributed by atoms with van der Waals surface area (Å²) < 4.78 is 18.9. The molecule has 4 heteroatoms. The van der Waals surface area contributed by atoms with Gasteiger partial charge in [-0.05, 0) is 25.0 Å². The number of methoxy groups -OCH3 is 1. The highest BCUT2D eigenvalue weighted by Gasteiger charge is 2.18. The van der Waals surface area contributed by atoms with E-state index in [1.807, 2.05) is 0 Å². The Bertz CT molecular complexity index is 426. The van der Waals surface area contributed by atoms with Gasteiger partial charge in [-0.2, -0.15) is 0 Å². The number of benzene rings is 1. The molecule has 20 heavy (non-hydrogen) atoms. The fourth-order valence-corrected chi connectivity index (χ4v) is 1.98. The van der Waals surface area contributed by atoms with Crippen molar-refractivity contribution in [1.82, 2.24) is 4.90 Å². The molecule has 0 fully saturated rings. The van der Waals surface area contributed by atoms with Gasteiger partial charge in [-0.3, -0.25) is 4.79 Å². The Balaban J connectivity index is 2.86. The minimum atomic E-state index is -0.521. The Kier molecular flexibility index (Phi) is 7.05. The summed E-state index contributed by atoms with van der Waals surface area (Å²) >= 11 is 0. The highest BCUT2D eigenvalue weighted by molar-refractivity contribution is 5.94. The lowest BCUT2D eigenvalue weighted by Crippen LogP contribution is -2.33. The molecule has 0 aromatic heterocycles. The number of carbonyl (C=O) groups excluding carboxylic acids is 1. The van der Waals surface area contributed by atoms with E-state index in [9.17, 15) is 9.18 Å². The summed E-state index contributed by atoms with van der Waals surface area (Å²) in [6.45, 7) is 5.52. The molecule has 1 aromatic carbocycles. The topological polar surface area (TPSA) is 29.5 Å². The van der Waals surface area contributed by atoms with Gasteiger partial charge in [0, 0.05) is 19.2 Å². The predicted octanol–water partition coefficient (Wildman–Crippen LogP) is 3.88. The Morgan fingerprint density at radius 3 is 2.25 bits per heavy atom. The summed E-state index contributed by atoms with van der Waals surface area (Å²) in [5.41, 5.74) is 0.123. The number of halogens is 1. The Morgan fingerprint density at radius 2 is 1.80 bits per heavy atom. The van der Waals surface area contributed by atoms with Crippen LogP contribution in [0.3, 0.4) is 0 Å². The first-order valence-corrected chi connectivity index (χ1v) is 7.26. The smallest absolute Gasteiger partial charge is 0.256 e. The Morgan fingerprint density at radius 1 is 1.20 bits per heavy atom. The molecule has 1 rings (SSSR count). The average Bonchev–Trinajstić information content (AvgIpc) is 2.46. The van der Waals surface area contributed by atoms with Crippen molar-refractivity contribution in [2.45, 2.75) is 39.5 Å². The molecule has 1 amide bonds. The lowest BCUT2D eigenvalue weighted by Gasteiger charge is -2.22. The minimum absolute atomic E-state index is 0.123. The van der Waals surface area contributed by atoms with Crippen LogP contribution < -0.4 is 4.74 Å². The predicted molar refractivity (Wildman–Crippen MR) is 78.7 cm³/mol. The molecule has 0 N–H and O–H groups in total. The third kappa shape index (κ3) is 4.51. The van der Waals surface area contributed by atoms with Crippen molar-refractivity contribution in [1.29, 1.82) is 0 Å². The molecule has 0 bridgehead atoms. The van der Waals surface area contributed by atoms with Crippen LogP contribution in [-0.2, 0) is 0 Å². The molecule has 0 unspecified atom stereocenters. The third-order valence-corrected chi connectivity index (χ3v) is 3.26. The molecule has 0 radical (unpaired) electrons. The summed E-state index contributed by atoms with van der Waals surface area (Å²) in [6.07, 6.45) is 3.91. The third-order valence-electron chi connectivity index (χ3n) is 3.26. The first-order chi connectivity index (χ1) is 9.63. The molecule has 0 aliphatic carbocycles. The van der Waals surface area contributed by atoms with Crippen LogP contribution in [0.25, 0.3) is 0 Å². The van der Waals surface area contributed by atoms with E-state index in [1.165, 1.54) is 19.2 Å². The highest BCUT2D eigenvalue weighted by atomic mass is 19.1. The number of hydrogen-bond acceptors (Lipinski definition) is 2. The van der Waals surface area contributed by atoms with E-state index in [1.54, 1.807) is 11.0 Å². The van der Waals surface area contributed by atoms with Gasteiger partial charge >= 0.3 is 0 Å². The zero-order chi connectivity index (χ0) is 15.0. The van der Waals surface area contributed by atoms with Crippen LogP contribution in [0.15, 0.2) is 18.2 Å². The van der Waals surface area contributed by atoms with Crippen molar-refractivity contribution < 1.29 is 13.9 Å². The van der Waals surface area contributed by atoms with E-state index in [-0.39, 0.29) is 11.5 Å². The second-order valence-electron chi connectivity index (χ2n) is 4.85. The van der Waals surface area contributed by atoms with Gasteiger partial charge in [0.1, 0.15) is 11.6 Å². The van der Waals surface area contributed by atoms with E-state index >= 15 is 0 Å². The molecule has 0 aliphatic heterocycles.